The van der Waals surface area contributed by atoms with E-state index in [1.807, 2.05) is 6.08 Å². The Labute approximate surface area is 475 Å². The first-order valence-electron chi connectivity index (χ1n) is 34.6. The number of rotatable bonds is 65. The van der Waals surface area contributed by atoms with Crippen LogP contribution >= 0.6 is 0 Å². The van der Waals surface area contributed by atoms with E-state index in [9.17, 15) is 19.8 Å². The molecule has 0 aliphatic heterocycles. The van der Waals surface area contributed by atoms with Crippen LogP contribution in [0.25, 0.3) is 0 Å². The van der Waals surface area contributed by atoms with E-state index in [0.29, 0.717) is 19.4 Å². The van der Waals surface area contributed by atoms with Crippen molar-refractivity contribution in [2.45, 2.75) is 398 Å². The molecule has 0 radical (unpaired) electrons. The van der Waals surface area contributed by atoms with Crippen molar-refractivity contribution in [3.63, 3.8) is 0 Å². The maximum Gasteiger partial charge on any atom is 0.305 e. The number of amides is 1. The predicted octanol–water partition coefficient (Wildman–Crippen LogP) is 22.1. The Balaban J connectivity index is 3.40. The van der Waals surface area contributed by atoms with Gasteiger partial charge in [-0.3, -0.25) is 9.59 Å². The highest BCUT2D eigenvalue weighted by atomic mass is 16.5. The van der Waals surface area contributed by atoms with Crippen molar-refractivity contribution in [2.75, 3.05) is 13.2 Å². The lowest BCUT2D eigenvalue weighted by Gasteiger charge is -2.20. The molecule has 6 nitrogen and oxygen atoms in total. The van der Waals surface area contributed by atoms with E-state index in [4.69, 9.17) is 4.74 Å². The number of unbranched alkanes of at least 4 members (excludes halogenated alkanes) is 52. The highest BCUT2D eigenvalue weighted by Gasteiger charge is 2.18. The topological polar surface area (TPSA) is 95.9 Å². The molecule has 0 aliphatic rings. The molecule has 0 aromatic rings. The van der Waals surface area contributed by atoms with Crippen molar-refractivity contribution < 1.29 is 24.5 Å². The Morgan fingerprint density at radius 1 is 0.355 bits per heavy atom. The SMILES string of the molecule is CCCCCCCC/C=C\CCCCCCCC(=O)OCCCCCCCCCCCCCCCCCCCCCCCCCC(=O)NC(CO)C(O)/C=C/CCCCCCCCCCCCCCCCCCCCC. The molecule has 0 heterocycles. The van der Waals surface area contributed by atoms with Crippen LogP contribution in [0.5, 0.6) is 0 Å². The third-order valence-electron chi connectivity index (χ3n) is 16.2. The van der Waals surface area contributed by atoms with Crippen LogP contribution in [0.2, 0.25) is 0 Å². The molecule has 0 fully saturated rings. The average Bonchev–Trinajstić information content (AvgIpc) is 3.42. The number of aliphatic hydroxyl groups is 2. The Bertz CT molecular complexity index is 1190. The second kappa shape index (κ2) is 65.9. The highest BCUT2D eigenvalue weighted by molar-refractivity contribution is 5.76. The lowest BCUT2D eigenvalue weighted by molar-refractivity contribution is -0.143. The van der Waals surface area contributed by atoms with Crippen LogP contribution in [0, 0.1) is 0 Å². The number of carbonyl (C=O) groups is 2. The highest BCUT2D eigenvalue weighted by Crippen LogP contribution is 2.19. The Hall–Kier alpha value is -1.66. The maximum atomic E-state index is 12.5. The van der Waals surface area contributed by atoms with Crippen LogP contribution in [-0.4, -0.2) is 47.4 Å². The number of hydrogen-bond donors (Lipinski definition) is 3. The van der Waals surface area contributed by atoms with Gasteiger partial charge < -0.3 is 20.3 Å². The number of nitrogens with one attached hydrogen (secondary N) is 1. The molecule has 0 spiro atoms. The molecule has 0 saturated heterocycles. The molecular formula is C70H135NO5. The summed E-state index contributed by atoms with van der Waals surface area (Å²) in [4.78, 5) is 24.6. The zero-order chi connectivity index (χ0) is 55.0. The molecule has 0 aliphatic carbocycles. The molecule has 76 heavy (non-hydrogen) atoms. The fourth-order valence-corrected chi connectivity index (χ4v) is 10.9. The van der Waals surface area contributed by atoms with Gasteiger partial charge in [0.25, 0.3) is 0 Å². The summed E-state index contributed by atoms with van der Waals surface area (Å²) in [5.41, 5.74) is 0. The van der Waals surface area contributed by atoms with Gasteiger partial charge in [0, 0.05) is 12.8 Å². The van der Waals surface area contributed by atoms with E-state index in [1.54, 1.807) is 6.08 Å². The first-order chi connectivity index (χ1) is 37.5. The summed E-state index contributed by atoms with van der Waals surface area (Å²) < 4.78 is 5.49. The van der Waals surface area contributed by atoms with Crippen molar-refractivity contribution in [3.05, 3.63) is 24.3 Å². The average molecular weight is 1070 g/mol. The summed E-state index contributed by atoms with van der Waals surface area (Å²) in [5, 5.41) is 23.2. The minimum Gasteiger partial charge on any atom is -0.466 e. The van der Waals surface area contributed by atoms with Gasteiger partial charge >= 0.3 is 5.97 Å². The summed E-state index contributed by atoms with van der Waals surface area (Å²) in [7, 11) is 0. The maximum absolute atomic E-state index is 12.5. The Morgan fingerprint density at radius 3 is 0.934 bits per heavy atom. The summed E-state index contributed by atoms with van der Waals surface area (Å²) in [6, 6.07) is -0.628. The quantitative estimate of drug-likeness (QED) is 0.0320. The molecule has 0 rings (SSSR count). The number of carbonyl (C=O) groups excluding carboxylic acids is 2. The first-order valence-corrected chi connectivity index (χ1v) is 34.6. The zero-order valence-corrected chi connectivity index (χ0v) is 51.5. The van der Waals surface area contributed by atoms with Crippen LogP contribution in [0.3, 0.4) is 0 Å². The molecule has 0 saturated carbocycles. The minimum absolute atomic E-state index is 0.00674. The van der Waals surface area contributed by atoms with E-state index in [0.717, 1.165) is 44.9 Å². The summed E-state index contributed by atoms with van der Waals surface area (Å²) in [6.07, 6.45) is 82.4. The molecule has 2 unspecified atom stereocenters. The second-order valence-corrected chi connectivity index (χ2v) is 23.9. The van der Waals surface area contributed by atoms with E-state index >= 15 is 0 Å². The molecule has 3 N–H and O–H groups in total. The molecule has 0 aromatic carbocycles. The van der Waals surface area contributed by atoms with Gasteiger partial charge in [0.1, 0.15) is 0 Å². The van der Waals surface area contributed by atoms with Gasteiger partial charge in [0.2, 0.25) is 5.91 Å². The summed E-state index contributed by atoms with van der Waals surface area (Å²) in [6.45, 7) is 4.93. The van der Waals surface area contributed by atoms with Gasteiger partial charge in [-0.1, -0.05) is 340 Å². The third kappa shape index (κ3) is 61.6. The van der Waals surface area contributed by atoms with Crippen LogP contribution in [0.1, 0.15) is 386 Å². The molecule has 1 amide bonds. The van der Waals surface area contributed by atoms with Crippen molar-refractivity contribution in [1.29, 1.82) is 0 Å². The van der Waals surface area contributed by atoms with Crippen molar-refractivity contribution in [2.24, 2.45) is 0 Å². The fraction of sp³-hybridized carbons (Fsp3) is 0.914. The van der Waals surface area contributed by atoms with Gasteiger partial charge in [-0.2, -0.15) is 0 Å². The summed E-state index contributed by atoms with van der Waals surface area (Å²) in [5.74, 6) is -0.0569. The molecule has 0 bridgehead atoms. The van der Waals surface area contributed by atoms with E-state index in [2.05, 4.69) is 31.3 Å². The normalized spacial score (nSPS) is 12.6. The number of hydrogen-bond acceptors (Lipinski definition) is 5. The predicted molar refractivity (Wildman–Crippen MR) is 333 cm³/mol. The van der Waals surface area contributed by atoms with Gasteiger partial charge in [-0.25, -0.2) is 0 Å². The van der Waals surface area contributed by atoms with E-state index in [-0.39, 0.29) is 18.5 Å². The molecule has 2 atom stereocenters. The first kappa shape index (κ1) is 74.3. The van der Waals surface area contributed by atoms with Gasteiger partial charge in [0.05, 0.1) is 25.4 Å². The number of esters is 1. The fourth-order valence-electron chi connectivity index (χ4n) is 10.9. The van der Waals surface area contributed by atoms with Crippen molar-refractivity contribution in [3.8, 4) is 0 Å². The van der Waals surface area contributed by atoms with Crippen LogP contribution < -0.4 is 5.32 Å². The van der Waals surface area contributed by atoms with Gasteiger partial charge in [-0.05, 0) is 57.8 Å². The largest absolute Gasteiger partial charge is 0.466 e. The minimum atomic E-state index is -0.845. The monoisotopic (exact) mass is 1070 g/mol. The molecule has 0 aromatic heterocycles. The smallest absolute Gasteiger partial charge is 0.305 e. The molecular weight excluding hydrogens is 935 g/mol. The zero-order valence-electron chi connectivity index (χ0n) is 51.5. The van der Waals surface area contributed by atoms with Crippen molar-refractivity contribution >= 4 is 11.9 Å². The van der Waals surface area contributed by atoms with Crippen LogP contribution in [0.15, 0.2) is 24.3 Å². The standard InChI is InChI=1S/C70H135NO5/c1-3-5-7-9-11-13-15-17-19-20-21-25-28-31-35-38-42-46-50-54-58-62-68(73)67(66-72)71-69(74)63-59-55-51-47-43-39-36-32-29-26-23-22-24-27-30-33-37-41-45-49-53-57-61-65-76-70(75)64-60-56-52-48-44-40-34-18-16-14-12-10-8-6-4-2/h18,34,58,62,67-68,72-73H,3-17,19-33,35-57,59-61,63-66H2,1-2H3,(H,71,74)/b34-18-,62-58+. The lowest BCUT2D eigenvalue weighted by Crippen LogP contribution is -2.45. The van der Waals surface area contributed by atoms with Gasteiger partial charge in [-0.15, -0.1) is 0 Å². The molecule has 450 valence electrons. The second-order valence-electron chi connectivity index (χ2n) is 23.9. The Morgan fingerprint density at radius 2 is 0.618 bits per heavy atom. The lowest BCUT2D eigenvalue weighted by atomic mass is 10.0. The number of ether oxygens (including phenoxy) is 1. The number of aliphatic hydroxyl groups excluding tert-OH is 2. The van der Waals surface area contributed by atoms with Crippen LogP contribution in [-0.2, 0) is 14.3 Å². The summed E-state index contributed by atoms with van der Waals surface area (Å²) >= 11 is 0. The number of allylic oxidation sites excluding steroid dienone is 3. The van der Waals surface area contributed by atoms with E-state index < -0.39 is 12.1 Å². The molecule has 6 heteroatoms. The van der Waals surface area contributed by atoms with Gasteiger partial charge in [0.15, 0.2) is 0 Å². The van der Waals surface area contributed by atoms with Crippen molar-refractivity contribution in [1.82, 2.24) is 5.32 Å². The Kier molecular flexibility index (Phi) is 64.4. The third-order valence-corrected chi connectivity index (χ3v) is 16.2. The van der Waals surface area contributed by atoms with E-state index in [1.165, 1.54) is 315 Å². The van der Waals surface area contributed by atoms with Crippen LogP contribution in [0.4, 0.5) is 0 Å².